The second-order valence-corrected chi connectivity index (χ2v) is 7.11. The minimum atomic E-state index is -0.945. The van der Waals surface area contributed by atoms with Crippen molar-refractivity contribution in [1.82, 2.24) is 0 Å². The zero-order valence-corrected chi connectivity index (χ0v) is 16.2. The largest absolute Gasteiger partial charge is 0.508 e. The van der Waals surface area contributed by atoms with E-state index in [2.05, 4.69) is 19.9 Å². The maximum absolute atomic E-state index is 11.2. The molecule has 3 aromatic rings. The van der Waals surface area contributed by atoms with E-state index in [4.69, 9.17) is 4.74 Å². The fourth-order valence-corrected chi connectivity index (χ4v) is 3.45. The highest BCUT2D eigenvalue weighted by Gasteiger charge is 2.20. The standard InChI is InChI=1S/C24H24O4/c1-15(2)21-14-19(10-13-22(21)28-3)23(17-8-11-20(25)12-9-17)16-4-6-18(7-5-16)24(26)27/h4-15,23,25H,1-3H3,(H,26,27). The molecular weight excluding hydrogens is 352 g/mol. The van der Waals surface area contributed by atoms with Gasteiger partial charge in [-0.2, -0.15) is 0 Å². The lowest BCUT2D eigenvalue weighted by Crippen LogP contribution is -2.06. The molecular formula is C24H24O4. The fourth-order valence-electron chi connectivity index (χ4n) is 3.45. The third kappa shape index (κ3) is 4.01. The third-order valence-electron chi connectivity index (χ3n) is 4.93. The minimum Gasteiger partial charge on any atom is -0.508 e. The second-order valence-electron chi connectivity index (χ2n) is 7.11. The number of phenols is 1. The Morgan fingerprint density at radius 2 is 1.39 bits per heavy atom. The van der Waals surface area contributed by atoms with Gasteiger partial charge in [-0.05, 0) is 58.5 Å². The van der Waals surface area contributed by atoms with E-state index in [0.717, 1.165) is 28.0 Å². The fraction of sp³-hybridized carbons (Fsp3) is 0.208. The van der Waals surface area contributed by atoms with Crippen molar-refractivity contribution in [2.45, 2.75) is 25.7 Å². The molecule has 0 spiro atoms. The average Bonchev–Trinajstić information content (AvgIpc) is 2.70. The number of carbonyl (C=O) groups is 1. The zero-order valence-electron chi connectivity index (χ0n) is 16.2. The summed E-state index contributed by atoms with van der Waals surface area (Å²) in [5.41, 5.74) is 4.45. The Balaban J connectivity index is 2.15. The van der Waals surface area contributed by atoms with Crippen LogP contribution in [0.1, 0.15) is 58.3 Å². The predicted molar refractivity (Wildman–Crippen MR) is 110 cm³/mol. The van der Waals surface area contributed by atoms with Crippen molar-refractivity contribution in [1.29, 1.82) is 0 Å². The van der Waals surface area contributed by atoms with Gasteiger partial charge in [-0.25, -0.2) is 4.79 Å². The Hall–Kier alpha value is -3.27. The molecule has 4 nitrogen and oxygen atoms in total. The molecule has 0 radical (unpaired) electrons. The first-order valence-electron chi connectivity index (χ1n) is 9.20. The number of benzene rings is 3. The SMILES string of the molecule is COc1ccc(C(c2ccc(O)cc2)c2ccc(C(=O)O)cc2)cc1C(C)C. The topological polar surface area (TPSA) is 66.8 Å². The summed E-state index contributed by atoms with van der Waals surface area (Å²) in [6.07, 6.45) is 0. The summed E-state index contributed by atoms with van der Waals surface area (Å²) < 4.78 is 5.51. The van der Waals surface area contributed by atoms with E-state index in [1.165, 1.54) is 0 Å². The summed E-state index contributed by atoms with van der Waals surface area (Å²) in [6, 6.07) is 20.2. The molecule has 0 aliphatic rings. The van der Waals surface area contributed by atoms with Gasteiger partial charge in [-0.15, -0.1) is 0 Å². The molecule has 0 aliphatic heterocycles. The van der Waals surface area contributed by atoms with E-state index in [-0.39, 0.29) is 17.2 Å². The van der Waals surface area contributed by atoms with Gasteiger partial charge in [0.15, 0.2) is 0 Å². The maximum atomic E-state index is 11.2. The van der Waals surface area contributed by atoms with Crippen molar-refractivity contribution in [3.05, 3.63) is 94.5 Å². The van der Waals surface area contributed by atoms with Gasteiger partial charge < -0.3 is 14.9 Å². The number of rotatable bonds is 6. The van der Waals surface area contributed by atoms with E-state index >= 15 is 0 Å². The van der Waals surface area contributed by atoms with Crippen LogP contribution in [0.2, 0.25) is 0 Å². The Morgan fingerprint density at radius 3 is 1.89 bits per heavy atom. The molecule has 0 fully saturated rings. The van der Waals surface area contributed by atoms with Gasteiger partial charge in [0, 0.05) is 5.92 Å². The van der Waals surface area contributed by atoms with Crippen molar-refractivity contribution in [3.8, 4) is 11.5 Å². The maximum Gasteiger partial charge on any atom is 0.335 e. The van der Waals surface area contributed by atoms with Crippen molar-refractivity contribution in [2.75, 3.05) is 7.11 Å². The molecule has 3 aromatic carbocycles. The minimum absolute atomic E-state index is 0.0909. The van der Waals surface area contributed by atoms with E-state index < -0.39 is 5.97 Å². The lowest BCUT2D eigenvalue weighted by Gasteiger charge is -2.22. The van der Waals surface area contributed by atoms with Crippen LogP contribution in [0.15, 0.2) is 66.7 Å². The van der Waals surface area contributed by atoms with Gasteiger partial charge in [0.25, 0.3) is 0 Å². The second kappa shape index (κ2) is 8.17. The van der Waals surface area contributed by atoms with Crippen molar-refractivity contribution < 1.29 is 19.7 Å². The van der Waals surface area contributed by atoms with Gasteiger partial charge in [0.05, 0.1) is 12.7 Å². The van der Waals surface area contributed by atoms with Crippen LogP contribution in [0, 0.1) is 0 Å². The Bertz CT molecular complexity index is 957. The highest BCUT2D eigenvalue weighted by molar-refractivity contribution is 5.87. The molecule has 0 aromatic heterocycles. The Labute approximate surface area is 165 Å². The Kier molecular flexibility index (Phi) is 5.69. The van der Waals surface area contributed by atoms with Crippen molar-refractivity contribution in [3.63, 3.8) is 0 Å². The van der Waals surface area contributed by atoms with Crippen molar-refractivity contribution in [2.24, 2.45) is 0 Å². The first-order chi connectivity index (χ1) is 13.4. The summed E-state index contributed by atoms with van der Waals surface area (Å²) in [7, 11) is 1.67. The van der Waals surface area contributed by atoms with Crippen LogP contribution < -0.4 is 4.74 Å². The number of methoxy groups -OCH3 is 1. The molecule has 28 heavy (non-hydrogen) atoms. The number of hydrogen-bond acceptors (Lipinski definition) is 3. The number of phenolic OH excluding ortho intramolecular Hbond substituents is 1. The third-order valence-corrected chi connectivity index (χ3v) is 4.93. The van der Waals surface area contributed by atoms with Gasteiger partial charge in [0.2, 0.25) is 0 Å². The van der Waals surface area contributed by atoms with Gasteiger partial charge in [0.1, 0.15) is 11.5 Å². The zero-order chi connectivity index (χ0) is 20.3. The van der Waals surface area contributed by atoms with Gasteiger partial charge >= 0.3 is 5.97 Å². The van der Waals surface area contributed by atoms with Gasteiger partial charge in [-0.1, -0.05) is 50.2 Å². The van der Waals surface area contributed by atoms with Crippen molar-refractivity contribution >= 4 is 5.97 Å². The first kappa shape index (κ1) is 19.5. The molecule has 144 valence electrons. The van der Waals surface area contributed by atoms with Crippen LogP contribution in [0.4, 0.5) is 0 Å². The molecule has 2 N–H and O–H groups in total. The summed E-state index contributed by atoms with van der Waals surface area (Å²) in [4.78, 5) is 11.2. The molecule has 1 unspecified atom stereocenters. The van der Waals surface area contributed by atoms with E-state index in [1.54, 1.807) is 31.4 Å². The van der Waals surface area contributed by atoms with Crippen LogP contribution >= 0.6 is 0 Å². The molecule has 0 amide bonds. The van der Waals surface area contributed by atoms with Crippen LogP contribution in [0.3, 0.4) is 0 Å². The molecule has 4 heteroatoms. The molecule has 0 aliphatic carbocycles. The molecule has 0 bridgehead atoms. The summed E-state index contributed by atoms with van der Waals surface area (Å²) in [5.74, 6) is 0.321. The highest BCUT2D eigenvalue weighted by Crippen LogP contribution is 2.37. The first-order valence-corrected chi connectivity index (χ1v) is 9.20. The van der Waals surface area contributed by atoms with Crippen LogP contribution in [0.5, 0.6) is 11.5 Å². The normalized spacial score (nSPS) is 12.0. The van der Waals surface area contributed by atoms with Crippen LogP contribution in [-0.4, -0.2) is 23.3 Å². The highest BCUT2D eigenvalue weighted by atomic mass is 16.5. The average molecular weight is 376 g/mol. The summed E-state index contributed by atoms with van der Waals surface area (Å²) in [6.45, 7) is 4.25. The molecule has 0 saturated carbocycles. The van der Waals surface area contributed by atoms with E-state index in [9.17, 15) is 15.0 Å². The van der Waals surface area contributed by atoms with E-state index in [1.807, 2.05) is 36.4 Å². The van der Waals surface area contributed by atoms with Gasteiger partial charge in [-0.3, -0.25) is 0 Å². The predicted octanol–water partition coefficient (Wildman–Crippen LogP) is 5.40. The number of aromatic carboxylic acids is 1. The molecule has 0 saturated heterocycles. The van der Waals surface area contributed by atoms with Crippen LogP contribution in [-0.2, 0) is 0 Å². The number of ether oxygens (including phenoxy) is 1. The quantitative estimate of drug-likeness (QED) is 0.565. The van der Waals surface area contributed by atoms with Crippen LogP contribution in [0.25, 0.3) is 0 Å². The molecule has 1 atom stereocenters. The number of hydrogen-bond donors (Lipinski definition) is 2. The lowest BCUT2D eigenvalue weighted by atomic mass is 9.83. The summed E-state index contributed by atoms with van der Waals surface area (Å²) in [5, 5.41) is 18.9. The number of carboxylic acids is 1. The number of aromatic hydroxyl groups is 1. The summed E-state index contributed by atoms with van der Waals surface area (Å²) >= 11 is 0. The van der Waals surface area contributed by atoms with E-state index in [0.29, 0.717) is 5.92 Å². The lowest BCUT2D eigenvalue weighted by molar-refractivity contribution is 0.0697. The monoisotopic (exact) mass is 376 g/mol. The molecule has 3 rings (SSSR count). The smallest absolute Gasteiger partial charge is 0.335 e. The number of carboxylic acid groups (broad SMARTS) is 1. The molecule has 0 heterocycles. The Morgan fingerprint density at radius 1 is 0.857 bits per heavy atom.